The van der Waals surface area contributed by atoms with Gasteiger partial charge in [-0.2, -0.15) is 0 Å². The monoisotopic (exact) mass is 710 g/mol. The molecule has 1 aliphatic carbocycles. The average molecular weight is 711 g/mol. The van der Waals surface area contributed by atoms with Gasteiger partial charge in [0.05, 0.1) is 24.4 Å². The summed E-state index contributed by atoms with van der Waals surface area (Å²) in [4.78, 5) is 41.3. The third kappa shape index (κ3) is 6.86. The first-order chi connectivity index (χ1) is 24.8. The van der Waals surface area contributed by atoms with Crippen LogP contribution in [0.3, 0.4) is 0 Å². The molecule has 0 unspecified atom stereocenters. The highest BCUT2D eigenvalue weighted by atomic mass is 16.7. The molecule has 0 radical (unpaired) electrons. The van der Waals surface area contributed by atoms with E-state index in [1.807, 2.05) is 6.07 Å². The number of hydrogen-bond donors (Lipinski definition) is 7. The predicted molar refractivity (Wildman–Crippen MR) is 187 cm³/mol. The molecule has 0 saturated carbocycles. The molecule has 5 atom stereocenters. The normalized spacial score (nSPS) is 21.3. The number of phenols is 1. The Bertz CT molecular complexity index is 2080. The van der Waals surface area contributed by atoms with Crippen molar-refractivity contribution in [1.29, 1.82) is 0 Å². The summed E-state index contributed by atoms with van der Waals surface area (Å²) in [5.74, 6) is -3.14. The number of benzene rings is 4. The van der Waals surface area contributed by atoms with Gasteiger partial charge in [-0.1, -0.05) is 60.7 Å². The molecular formula is C39H38N2O11. The van der Waals surface area contributed by atoms with Gasteiger partial charge in [-0.15, -0.1) is 0 Å². The van der Waals surface area contributed by atoms with E-state index in [2.05, 4.69) is 0 Å². The summed E-state index contributed by atoms with van der Waals surface area (Å²) in [7, 11) is 0. The van der Waals surface area contributed by atoms with Crippen molar-refractivity contribution in [3.05, 3.63) is 122 Å². The summed E-state index contributed by atoms with van der Waals surface area (Å²) in [6.07, 6.45) is -5.11. The predicted octanol–water partition coefficient (Wildman–Crippen LogP) is 2.47. The van der Waals surface area contributed by atoms with Gasteiger partial charge < -0.3 is 51.2 Å². The molecule has 13 nitrogen and oxygen atoms in total. The van der Waals surface area contributed by atoms with Crippen LogP contribution in [0.5, 0.6) is 17.2 Å². The van der Waals surface area contributed by atoms with Gasteiger partial charge in [0.2, 0.25) is 6.29 Å². The highest BCUT2D eigenvalue weighted by Gasteiger charge is 2.44. The number of rotatable bonds is 9. The number of esters is 1. The first-order valence-electron chi connectivity index (χ1n) is 16.5. The van der Waals surface area contributed by atoms with Crippen LogP contribution in [-0.2, 0) is 22.6 Å². The molecule has 1 heterocycles. The van der Waals surface area contributed by atoms with E-state index in [9.17, 15) is 39.9 Å². The molecule has 6 rings (SSSR count). The lowest BCUT2D eigenvalue weighted by Gasteiger charge is -2.39. The number of nitrogens with two attached hydrogens (primary N) is 2. The number of phenolic OH excluding ortho intramolecular Hbond substituents is 1. The van der Waals surface area contributed by atoms with E-state index < -0.39 is 66.8 Å². The number of aliphatic hydroxyl groups excluding tert-OH is 4. The van der Waals surface area contributed by atoms with Gasteiger partial charge in [0.15, 0.2) is 11.6 Å². The van der Waals surface area contributed by atoms with Crippen LogP contribution >= 0.6 is 0 Å². The second kappa shape index (κ2) is 14.8. The van der Waals surface area contributed by atoms with Crippen LogP contribution in [0.1, 0.15) is 85.2 Å². The van der Waals surface area contributed by atoms with Crippen LogP contribution in [0.2, 0.25) is 0 Å². The number of fused-ring (bicyclic) bond motifs is 2. The molecule has 13 heteroatoms. The van der Waals surface area contributed by atoms with Crippen molar-refractivity contribution < 1.29 is 54.1 Å². The van der Waals surface area contributed by atoms with Crippen LogP contribution in [0, 0.1) is 0 Å². The van der Waals surface area contributed by atoms with Gasteiger partial charge in [-0.25, -0.2) is 0 Å². The summed E-state index contributed by atoms with van der Waals surface area (Å²) in [5.41, 5.74) is 12.7. The van der Waals surface area contributed by atoms with Crippen molar-refractivity contribution in [3.8, 4) is 17.2 Å². The van der Waals surface area contributed by atoms with Crippen LogP contribution in [0.25, 0.3) is 12.2 Å². The second-order valence-corrected chi connectivity index (χ2v) is 12.7. The van der Waals surface area contributed by atoms with Gasteiger partial charge in [-0.05, 0) is 47.4 Å². The third-order valence-electron chi connectivity index (χ3n) is 9.14. The standard InChI is InChI=1S/C39H38N2O11/c1-18-32(44)36(48)37(49)39(50-18)52-28-16-26-31(33(45)25(28)14-21-9-6-10-22(13-21)38(40)41)35(47)29-23(17-42)15-27(51-19(2)43)24(30(29)34(26)46)12-11-20-7-4-3-5-8-20/h3-13,15-16,18,32,36-39,42,44-45,48-49H,14,17,40-41H2,1-2H3/t18-,32-,36-,37-,39-/m1/s1. The number of ether oxygens (including phenoxy) is 3. The summed E-state index contributed by atoms with van der Waals surface area (Å²) >= 11 is 0. The zero-order chi connectivity index (χ0) is 37.4. The number of carbonyl (C=O) groups is 3. The van der Waals surface area contributed by atoms with Crippen LogP contribution in [0.15, 0.2) is 66.7 Å². The van der Waals surface area contributed by atoms with E-state index in [1.165, 1.54) is 32.1 Å². The quantitative estimate of drug-likeness (QED) is 0.0505. The highest BCUT2D eigenvalue weighted by molar-refractivity contribution is 6.31. The number of ketones is 2. The third-order valence-corrected chi connectivity index (χ3v) is 9.14. The number of aliphatic hydroxyl groups is 4. The first-order valence-corrected chi connectivity index (χ1v) is 16.5. The minimum absolute atomic E-state index is 0.0152. The van der Waals surface area contributed by atoms with E-state index in [4.69, 9.17) is 25.7 Å². The first kappa shape index (κ1) is 36.5. The Hall–Kier alpha value is -5.25. The largest absolute Gasteiger partial charge is 0.507 e. The molecule has 270 valence electrons. The van der Waals surface area contributed by atoms with E-state index in [-0.39, 0.29) is 56.9 Å². The maximum Gasteiger partial charge on any atom is 0.308 e. The number of aromatic hydroxyl groups is 1. The van der Waals surface area contributed by atoms with E-state index >= 15 is 0 Å². The minimum Gasteiger partial charge on any atom is -0.507 e. The fraction of sp³-hybridized carbons (Fsp3) is 0.256. The maximum atomic E-state index is 14.6. The molecule has 0 spiro atoms. The number of carbonyl (C=O) groups excluding carboxylic acids is 3. The van der Waals surface area contributed by atoms with E-state index in [1.54, 1.807) is 54.6 Å². The molecule has 0 amide bonds. The van der Waals surface area contributed by atoms with Gasteiger partial charge in [0.25, 0.3) is 0 Å². The SMILES string of the molecule is CC(=O)Oc1cc(CO)c2c(c1C=Cc1ccccc1)C(=O)c1cc(O[C@H]3O[C@H](C)[C@@H](O)[C@@H](O)[C@H]3O)c(Cc3cccc(C(N)N)c3)c(O)c1C2=O. The zero-order valence-electron chi connectivity index (χ0n) is 28.2. The Balaban J connectivity index is 1.56. The molecule has 0 aromatic heterocycles. The van der Waals surface area contributed by atoms with Crippen molar-refractivity contribution in [1.82, 2.24) is 0 Å². The molecule has 4 aromatic rings. The van der Waals surface area contributed by atoms with Crippen molar-refractivity contribution in [2.45, 2.75) is 63.7 Å². The van der Waals surface area contributed by atoms with E-state index in [0.717, 1.165) is 5.56 Å². The Morgan fingerprint density at radius 3 is 2.29 bits per heavy atom. The molecule has 1 aliphatic heterocycles. The summed E-state index contributed by atoms with van der Waals surface area (Å²) in [6.45, 7) is 1.92. The average Bonchev–Trinajstić information content (AvgIpc) is 3.12. The molecule has 2 aliphatic rings. The summed E-state index contributed by atoms with van der Waals surface area (Å²) < 4.78 is 17.2. The van der Waals surface area contributed by atoms with Crippen molar-refractivity contribution in [2.75, 3.05) is 0 Å². The Morgan fingerprint density at radius 1 is 0.885 bits per heavy atom. The lowest BCUT2D eigenvalue weighted by atomic mass is 9.77. The van der Waals surface area contributed by atoms with Crippen molar-refractivity contribution in [3.63, 3.8) is 0 Å². The van der Waals surface area contributed by atoms with Crippen molar-refractivity contribution in [2.24, 2.45) is 11.5 Å². The van der Waals surface area contributed by atoms with Gasteiger partial charge in [0.1, 0.15) is 35.6 Å². The maximum absolute atomic E-state index is 14.6. The highest BCUT2D eigenvalue weighted by Crippen LogP contribution is 2.45. The number of hydrogen-bond acceptors (Lipinski definition) is 13. The zero-order valence-corrected chi connectivity index (χ0v) is 28.2. The molecular weight excluding hydrogens is 672 g/mol. The second-order valence-electron chi connectivity index (χ2n) is 12.7. The Kier molecular flexibility index (Phi) is 10.4. The van der Waals surface area contributed by atoms with Crippen LogP contribution in [0.4, 0.5) is 0 Å². The minimum atomic E-state index is -1.75. The van der Waals surface area contributed by atoms with Gasteiger partial charge in [-0.3, -0.25) is 14.4 Å². The van der Waals surface area contributed by atoms with Gasteiger partial charge >= 0.3 is 5.97 Å². The lowest BCUT2D eigenvalue weighted by molar-refractivity contribution is -0.268. The summed E-state index contributed by atoms with van der Waals surface area (Å²) in [6, 6.07) is 18.4. The van der Waals surface area contributed by atoms with E-state index in [0.29, 0.717) is 11.1 Å². The van der Waals surface area contributed by atoms with Crippen LogP contribution < -0.4 is 20.9 Å². The topological polar surface area (TPSA) is 232 Å². The molecule has 52 heavy (non-hydrogen) atoms. The smallest absolute Gasteiger partial charge is 0.308 e. The van der Waals surface area contributed by atoms with Crippen LogP contribution in [-0.4, -0.2) is 73.8 Å². The molecule has 1 fully saturated rings. The molecule has 9 N–H and O–H groups in total. The summed E-state index contributed by atoms with van der Waals surface area (Å²) in [5, 5.41) is 53.9. The Morgan fingerprint density at radius 2 is 1.62 bits per heavy atom. The molecule has 1 saturated heterocycles. The Labute approximate surface area is 298 Å². The lowest BCUT2D eigenvalue weighted by Crippen LogP contribution is -2.58. The van der Waals surface area contributed by atoms with Crippen molar-refractivity contribution >= 4 is 29.7 Å². The molecule has 4 aromatic carbocycles. The fourth-order valence-corrected chi connectivity index (χ4v) is 6.48. The molecule has 0 bridgehead atoms. The van der Waals surface area contributed by atoms with Gasteiger partial charge in [0, 0.05) is 41.2 Å². The fourth-order valence-electron chi connectivity index (χ4n) is 6.48.